The second-order valence-corrected chi connectivity index (χ2v) is 7.56. The van der Waals surface area contributed by atoms with E-state index in [1.165, 1.54) is 23.1 Å². The summed E-state index contributed by atoms with van der Waals surface area (Å²) in [6.07, 6.45) is 2.41. The minimum Gasteiger partial charge on any atom is -0.480 e. The van der Waals surface area contributed by atoms with Crippen LogP contribution in [0.1, 0.15) is 49.9 Å². The molecule has 1 atom stereocenters. The molecule has 1 aromatic rings. The van der Waals surface area contributed by atoms with E-state index in [0.29, 0.717) is 13.0 Å². The highest BCUT2D eigenvalue weighted by Gasteiger charge is 2.28. The van der Waals surface area contributed by atoms with Crippen LogP contribution in [0.3, 0.4) is 0 Å². The van der Waals surface area contributed by atoms with Crippen LogP contribution in [0, 0.1) is 0 Å². The minimum absolute atomic E-state index is 0.0363. The van der Waals surface area contributed by atoms with Crippen molar-refractivity contribution in [3.63, 3.8) is 0 Å². The summed E-state index contributed by atoms with van der Waals surface area (Å²) in [7, 11) is -2.52. The smallest absolute Gasteiger partial charge is 0.321 e. The zero-order valence-electron chi connectivity index (χ0n) is 14.9. The first-order chi connectivity index (χ1) is 11.7. The first-order valence-corrected chi connectivity index (χ1v) is 9.82. The maximum Gasteiger partial charge on any atom is 0.321 e. The molecule has 0 saturated carbocycles. The molecule has 0 aromatic heterocycles. The highest BCUT2D eigenvalue weighted by atomic mass is 32.2. The lowest BCUT2D eigenvalue weighted by molar-refractivity contribution is -0.139. The minimum atomic E-state index is -4.13. The highest BCUT2D eigenvalue weighted by Crippen LogP contribution is 2.18. The third-order valence-corrected chi connectivity index (χ3v) is 5.30. The van der Waals surface area contributed by atoms with Crippen LogP contribution >= 0.6 is 0 Å². The number of nitrogens with one attached hydrogen (secondary N) is 1. The fraction of sp³-hybridized carbons (Fsp3) is 0.529. The molecule has 0 aliphatic carbocycles. The molecular formula is C17H26N2O5S. The molecule has 1 unspecified atom stereocenters. The molecule has 1 aromatic carbocycles. The molecule has 0 heterocycles. The standard InChI is InChI=1S/C17H26N2O5S/c1-4-6-12-19(3)16(20)13-10-7-8-11-15(13)25(23,24)18-14(9-5-2)17(21)22/h7-8,10-11,14,18H,4-6,9,12H2,1-3H3,(H,21,22). The number of rotatable bonds is 10. The molecule has 0 radical (unpaired) electrons. The van der Waals surface area contributed by atoms with Crippen LogP contribution in [-0.4, -0.2) is 49.9 Å². The van der Waals surface area contributed by atoms with Gasteiger partial charge in [-0.25, -0.2) is 8.42 Å². The van der Waals surface area contributed by atoms with Gasteiger partial charge in [0, 0.05) is 13.6 Å². The van der Waals surface area contributed by atoms with Crippen molar-refractivity contribution in [1.82, 2.24) is 9.62 Å². The van der Waals surface area contributed by atoms with Gasteiger partial charge in [0.2, 0.25) is 10.0 Å². The van der Waals surface area contributed by atoms with E-state index in [1.807, 2.05) is 6.92 Å². The molecule has 2 N–H and O–H groups in total. The van der Waals surface area contributed by atoms with Gasteiger partial charge in [-0.3, -0.25) is 9.59 Å². The van der Waals surface area contributed by atoms with Crippen molar-refractivity contribution >= 4 is 21.9 Å². The Morgan fingerprint density at radius 1 is 1.20 bits per heavy atom. The van der Waals surface area contributed by atoms with Crippen LogP contribution in [0.2, 0.25) is 0 Å². The van der Waals surface area contributed by atoms with E-state index in [4.69, 9.17) is 0 Å². The second-order valence-electron chi connectivity index (χ2n) is 5.88. The number of carbonyl (C=O) groups is 2. The number of benzene rings is 1. The Balaban J connectivity index is 3.16. The summed E-state index contributed by atoms with van der Waals surface area (Å²) in [6, 6.07) is 4.62. The van der Waals surface area contributed by atoms with Crippen molar-refractivity contribution < 1.29 is 23.1 Å². The first kappa shape index (κ1) is 21.1. The molecule has 0 aliphatic rings. The molecule has 7 nitrogen and oxygen atoms in total. The molecule has 1 rings (SSSR count). The molecule has 0 fully saturated rings. The van der Waals surface area contributed by atoms with E-state index in [-0.39, 0.29) is 16.9 Å². The summed E-state index contributed by atoms with van der Waals surface area (Å²) in [4.78, 5) is 25.1. The highest BCUT2D eigenvalue weighted by molar-refractivity contribution is 7.89. The maximum absolute atomic E-state index is 12.6. The average Bonchev–Trinajstić information content (AvgIpc) is 2.58. The Bertz CT molecular complexity index is 703. The van der Waals surface area contributed by atoms with E-state index in [9.17, 15) is 23.1 Å². The molecule has 0 bridgehead atoms. The second kappa shape index (κ2) is 9.53. The van der Waals surface area contributed by atoms with Gasteiger partial charge in [0.1, 0.15) is 6.04 Å². The number of unbranched alkanes of at least 4 members (excludes halogenated alkanes) is 1. The Kier molecular flexibility index (Phi) is 8.05. The third kappa shape index (κ3) is 5.82. The lowest BCUT2D eigenvalue weighted by atomic mass is 10.2. The summed E-state index contributed by atoms with van der Waals surface area (Å²) in [6.45, 7) is 4.29. The number of sulfonamides is 1. The van der Waals surface area contributed by atoms with E-state index in [2.05, 4.69) is 4.72 Å². The summed E-state index contributed by atoms with van der Waals surface area (Å²) >= 11 is 0. The maximum atomic E-state index is 12.6. The first-order valence-electron chi connectivity index (χ1n) is 8.34. The number of aliphatic carboxylic acids is 1. The molecule has 0 spiro atoms. The van der Waals surface area contributed by atoms with Gasteiger partial charge in [0.15, 0.2) is 0 Å². The number of hydrogen-bond acceptors (Lipinski definition) is 4. The van der Waals surface area contributed by atoms with Crippen molar-refractivity contribution in [2.75, 3.05) is 13.6 Å². The van der Waals surface area contributed by atoms with Crippen LogP contribution < -0.4 is 4.72 Å². The van der Waals surface area contributed by atoms with Crippen molar-refractivity contribution in [2.45, 2.75) is 50.5 Å². The lowest BCUT2D eigenvalue weighted by Gasteiger charge is -2.20. The van der Waals surface area contributed by atoms with E-state index >= 15 is 0 Å². The van der Waals surface area contributed by atoms with E-state index in [1.54, 1.807) is 20.0 Å². The van der Waals surface area contributed by atoms with Gasteiger partial charge in [-0.1, -0.05) is 38.8 Å². The number of carbonyl (C=O) groups excluding carboxylic acids is 1. The van der Waals surface area contributed by atoms with Gasteiger partial charge in [0.25, 0.3) is 5.91 Å². The number of hydrogen-bond donors (Lipinski definition) is 2. The van der Waals surface area contributed by atoms with Crippen LogP contribution in [0.25, 0.3) is 0 Å². The molecule has 0 saturated heterocycles. The Morgan fingerprint density at radius 3 is 2.40 bits per heavy atom. The number of nitrogens with zero attached hydrogens (tertiary/aromatic N) is 1. The zero-order valence-corrected chi connectivity index (χ0v) is 15.7. The molecule has 140 valence electrons. The van der Waals surface area contributed by atoms with Crippen molar-refractivity contribution in [2.24, 2.45) is 0 Å². The topological polar surface area (TPSA) is 104 Å². The third-order valence-electron chi connectivity index (χ3n) is 3.77. The number of carboxylic acid groups (broad SMARTS) is 1. The normalized spacial score (nSPS) is 12.6. The quantitative estimate of drug-likeness (QED) is 0.656. The molecular weight excluding hydrogens is 344 g/mol. The van der Waals surface area contributed by atoms with Crippen LogP contribution in [0.5, 0.6) is 0 Å². The predicted octanol–water partition coefficient (Wildman–Crippen LogP) is 2.09. The molecule has 8 heteroatoms. The Morgan fingerprint density at radius 2 is 1.84 bits per heavy atom. The van der Waals surface area contributed by atoms with Crippen molar-refractivity contribution in [3.05, 3.63) is 29.8 Å². The van der Waals surface area contributed by atoms with Crippen molar-refractivity contribution in [3.8, 4) is 0 Å². The summed E-state index contributed by atoms with van der Waals surface area (Å²) in [5, 5.41) is 9.18. The Labute approximate surface area is 149 Å². The van der Waals surface area contributed by atoms with Crippen LogP contribution in [-0.2, 0) is 14.8 Å². The number of carboxylic acids is 1. The van der Waals surface area contributed by atoms with E-state index in [0.717, 1.165) is 12.8 Å². The molecule has 1 amide bonds. The summed E-state index contributed by atoms with van der Waals surface area (Å²) < 4.78 is 27.5. The Hall–Kier alpha value is -1.93. The predicted molar refractivity (Wildman–Crippen MR) is 95.0 cm³/mol. The number of amides is 1. The van der Waals surface area contributed by atoms with E-state index < -0.39 is 27.9 Å². The lowest BCUT2D eigenvalue weighted by Crippen LogP contribution is -2.41. The zero-order chi connectivity index (χ0) is 19.0. The van der Waals surface area contributed by atoms with Crippen molar-refractivity contribution in [1.29, 1.82) is 0 Å². The largest absolute Gasteiger partial charge is 0.480 e. The van der Waals surface area contributed by atoms with Gasteiger partial charge in [-0.2, -0.15) is 4.72 Å². The summed E-state index contributed by atoms with van der Waals surface area (Å²) in [5.41, 5.74) is 0.0363. The SMILES string of the molecule is CCCCN(C)C(=O)c1ccccc1S(=O)(=O)NC(CCC)C(=O)O. The molecule has 25 heavy (non-hydrogen) atoms. The molecule has 0 aliphatic heterocycles. The van der Waals surface area contributed by atoms with Crippen LogP contribution in [0.15, 0.2) is 29.2 Å². The fourth-order valence-electron chi connectivity index (χ4n) is 2.35. The van der Waals surface area contributed by atoms with Gasteiger partial charge in [-0.15, -0.1) is 0 Å². The van der Waals surface area contributed by atoms with Gasteiger partial charge in [-0.05, 0) is 25.0 Å². The van der Waals surface area contributed by atoms with Gasteiger partial charge < -0.3 is 10.0 Å². The van der Waals surface area contributed by atoms with Gasteiger partial charge in [0.05, 0.1) is 10.5 Å². The van der Waals surface area contributed by atoms with Crippen LogP contribution in [0.4, 0.5) is 0 Å². The summed E-state index contributed by atoms with van der Waals surface area (Å²) in [5.74, 6) is -1.65. The monoisotopic (exact) mass is 370 g/mol. The fourth-order valence-corrected chi connectivity index (χ4v) is 3.78. The van der Waals surface area contributed by atoms with Gasteiger partial charge >= 0.3 is 5.97 Å². The average molecular weight is 370 g/mol.